The van der Waals surface area contributed by atoms with E-state index in [2.05, 4.69) is 34.6 Å². The zero-order valence-corrected chi connectivity index (χ0v) is 12.2. The van der Waals surface area contributed by atoms with Gasteiger partial charge in [0.25, 0.3) is 0 Å². The first kappa shape index (κ1) is 15.5. The lowest BCUT2D eigenvalue weighted by molar-refractivity contribution is -0.156. The maximum absolute atomic E-state index is 11.0. The molecule has 0 rings (SSSR count). The molecule has 0 aromatic rings. The summed E-state index contributed by atoms with van der Waals surface area (Å²) in [4.78, 5) is 11.0. The van der Waals surface area contributed by atoms with Crippen LogP contribution < -0.4 is 0 Å². The van der Waals surface area contributed by atoms with E-state index in [-0.39, 0.29) is 17.0 Å². The number of carbonyl (C=O) groups excluding carboxylic acids is 1. The van der Waals surface area contributed by atoms with Crippen LogP contribution in [0.2, 0.25) is 0 Å². The smallest absolute Gasteiger partial charge is 0.303 e. The highest BCUT2D eigenvalue weighted by molar-refractivity contribution is 5.66. The Labute approximate surface area is 101 Å². The van der Waals surface area contributed by atoms with E-state index in [0.29, 0.717) is 5.41 Å². The van der Waals surface area contributed by atoms with Gasteiger partial charge in [-0.15, -0.1) is 0 Å². The number of ether oxygens (including phenoxy) is 1. The topological polar surface area (TPSA) is 26.3 Å². The zero-order chi connectivity index (χ0) is 13.2. The number of hydrogen-bond acceptors (Lipinski definition) is 2. The highest BCUT2D eigenvalue weighted by atomic mass is 16.6. The van der Waals surface area contributed by atoms with Gasteiger partial charge in [0.1, 0.15) is 5.60 Å². The van der Waals surface area contributed by atoms with E-state index in [9.17, 15) is 4.79 Å². The summed E-state index contributed by atoms with van der Waals surface area (Å²) in [6.07, 6.45) is 2.00. The molecule has 0 aromatic heterocycles. The largest absolute Gasteiger partial charge is 0.460 e. The van der Waals surface area contributed by atoms with Gasteiger partial charge in [-0.05, 0) is 37.5 Å². The summed E-state index contributed by atoms with van der Waals surface area (Å²) in [6, 6.07) is 0. The first-order valence-electron chi connectivity index (χ1n) is 6.03. The maximum atomic E-state index is 11.0. The molecule has 0 atom stereocenters. The van der Waals surface area contributed by atoms with E-state index >= 15 is 0 Å². The molecule has 96 valence electrons. The Balaban J connectivity index is 4.51. The van der Waals surface area contributed by atoms with Crippen molar-refractivity contribution in [3.63, 3.8) is 0 Å². The van der Waals surface area contributed by atoms with Crippen LogP contribution in [0.1, 0.15) is 68.2 Å². The van der Waals surface area contributed by atoms with Crippen LogP contribution in [0.15, 0.2) is 0 Å². The SMILES string of the molecule is CC(=O)OC(C)(C)CC(C)(C)CC(C)(C)C. The second-order valence-corrected chi connectivity index (χ2v) is 7.43. The Kier molecular flexibility index (Phi) is 4.61. The molecule has 0 saturated heterocycles. The monoisotopic (exact) mass is 228 g/mol. The van der Waals surface area contributed by atoms with Crippen molar-refractivity contribution < 1.29 is 9.53 Å². The third-order valence-corrected chi connectivity index (χ3v) is 2.33. The minimum absolute atomic E-state index is 0.178. The molecule has 0 aliphatic heterocycles. The molecule has 0 amide bonds. The van der Waals surface area contributed by atoms with Crippen molar-refractivity contribution in [1.82, 2.24) is 0 Å². The van der Waals surface area contributed by atoms with Gasteiger partial charge in [0.15, 0.2) is 0 Å². The molecular weight excluding hydrogens is 200 g/mol. The third kappa shape index (κ3) is 7.72. The number of hydrogen-bond donors (Lipinski definition) is 0. The molecule has 0 aromatic carbocycles. The lowest BCUT2D eigenvalue weighted by Gasteiger charge is -2.38. The normalized spacial score (nSPS) is 13.8. The van der Waals surface area contributed by atoms with Gasteiger partial charge in [0, 0.05) is 6.92 Å². The van der Waals surface area contributed by atoms with Crippen molar-refractivity contribution >= 4 is 5.97 Å². The number of rotatable bonds is 4. The van der Waals surface area contributed by atoms with Gasteiger partial charge in [0.2, 0.25) is 0 Å². The lowest BCUT2D eigenvalue weighted by Crippen LogP contribution is -2.35. The summed E-state index contributed by atoms with van der Waals surface area (Å²) in [5, 5.41) is 0. The van der Waals surface area contributed by atoms with E-state index in [1.165, 1.54) is 6.92 Å². The fourth-order valence-corrected chi connectivity index (χ4v) is 3.08. The average molecular weight is 228 g/mol. The highest BCUT2D eigenvalue weighted by Crippen LogP contribution is 2.39. The minimum Gasteiger partial charge on any atom is -0.460 e. The molecule has 0 aliphatic carbocycles. The van der Waals surface area contributed by atoms with Crippen molar-refractivity contribution in [3.05, 3.63) is 0 Å². The Morgan fingerprint density at radius 2 is 1.38 bits per heavy atom. The number of esters is 1. The predicted molar refractivity (Wildman–Crippen MR) is 68.3 cm³/mol. The van der Waals surface area contributed by atoms with Crippen LogP contribution in [0.4, 0.5) is 0 Å². The van der Waals surface area contributed by atoms with E-state index in [4.69, 9.17) is 4.74 Å². The van der Waals surface area contributed by atoms with E-state index < -0.39 is 0 Å². The Morgan fingerprint density at radius 3 is 1.69 bits per heavy atom. The van der Waals surface area contributed by atoms with Crippen LogP contribution in [0.25, 0.3) is 0 Å². The zero-order valence-electron chi connectivity index (χ0n) is 12.2. The molecule has 0 fully saturated rings. The van der Waals surface area contributed by atoms with Crippen molar-refractivity contribution in [2.75, 3.05) is 0 Å². The second kappa shape index (κ2) is 4.77. The van der Waals surface area contributed by atoms with Gasteiger partial charge >= 0.3 is 5.97 Å². The summed E-state index contributed by atoms with van der Waals surface area (Å²) in [5.74, 6) is -0.198. The molecule has 0 radical (unpaired) electrons. The van der Waals surface area contributed by atoms with Crippen LogP contribution in [-0.2, 0) is 9.53 Å². The molecule has 0 bridgehead atoms. The highest BCUT2D eigenvalue weighted by Gasteiger charge is 2.33. The summed E-state index contributed by atoms with van der Waals surface area (Å²) >= 11 is 0. The van der Waals surface area contributed by atoms with E-state index in [1.54, 1.807) is 0 Å². The van der Waals surface area contributed by atoms with Gasteiger partial charge in [0.05, 0.1) is 0 Å². The molecule has 2 heteroatoms. The molecule has 0 unspecified atom stereocenters. The van der Waals surface area contributed by atoms with E-state index in [0.717, 1.165) is 12.8 Å². The van der Waals surface area contributed by atoms with Crippen molar-refractivity contribution in [2.45, 2.75) is 73.8 Å². The molecule has 0 heterocycles. The molecule has 0 saturated carbocycles. The van der Waals surface area contributed by atoms with Crippen molar-refractivity contribution in [2.24, 2.45) is 10.8 Å². The summed E-state index contributed by atoms with van der Waals surface area (Å²) in [7, 11) is 0. The molecule has 16 heavy (non-hydrogen) atoms. The van der Waals surface area contributed by atoms with Gasteiger partial charge in [-0.2, -0.15) is 0 Å². The van der Waals surface area contributed by atoms with Gasteiger partial charge in [-0.3, -0.25) is 4.79 Å². The van der Waals surface area contributed by atoms with Crippen LogP contribution >= 0.6 is 0 Å². The standard InChI is InChI=1S/C14H28O2/c1-11(15)16-14(7,8)10-13(5,6)9-12(2,3)4/h9-10H2,1-8H3. The van der Waals surface area contributed by atoms with Crippen LogP contribution in [0.5, 0.6) is 0 Å². The van der Waals surface area contributed by atoms with Crippen LogP contribution in [0, 0.1) is 10.8 Å². The fraction of sp³-hybridized carbons (Fsp3) is 0.929. The Morgan fingerprint density at radius 1 is 0.938 bits per heavy atom. The summed E-state index contributed by atoms with van der Waals surface area (Å²) < 4.78 is 5.35. The quantitative estimate of drug-likeness (QED) is 0.675. The number of carbonyl (C=O) groups is 1. The Hall–Kier alpha value is -0.530. The second-order valence-electron chi connectivity index (χ2n) is 7.43. The Bertz CT molecular complexity index is 244. The van der Waals surface area contributed by atoms with Gasteiger partial charge < -0.3 is 4.74 Å². The fourth-order valence-electron chi connectivity index (χ4n) is 3.08. The summed E-state index contributed by atoms with van der Waals surface area (Å²) in [6.45, 7) is 16.7. The van der Waals surface area contributed by atoms with Crippen LogP contribution in [-0.4, -0.2) is 11.6 Å². The lowest BCUT2D eigenvalue weighted by atomic mass is 9.71. The molecule has 0 N–H and O–H groups in total. The third-order valence-electron chi connectivity index (χ3n) is 2.33. The van der Waals surface area contributed by atoms with Crippen molar-refractivity contribution in [3.8, 4) is 0 Å². The van der Waals surface area contributed by atoms with Crippen molar-refractivity contribution in [1.29, 1.82) is 0 Å². The molecule has 0 aliphatic rings. The molecule has 2 nitrogen and oxygen atoms in total. The minimum atomic E-state index is -0.374. The average Bonchev–Trinajstić information content (AvgIpc) is 1.69. The first-order chi connectivity index (χ1) is 6.83. The summed E-state index contributed by atoms with van der Waals surface area (Å²) in [5.41, 5.74) is 0.105. The first-order valence-corrected chi connectivity index (χ1v) is 6.03. The van der Waals surface area contributed by atoms with Gasteiger partial charge in [-0.1, -0.05) is 34.6 Å². The van der Waals surface area contributed by atoms with E-state index in [1.807, 2.05) is 13.8 Å². The predicted octanol–water partition coefficient (Wildman–Crippen LogP) is 4.18. The molecule has 0 spiro atoms. The maximum Gasteiger partial charge on any atom is 0.303 e. The van der Waals surface area contributed by atoms with Gasteiger partial charge in [-0.25, -0.2) is 0 Å². The van der Waals surface area contributed by atoms with Crippen LogP contribution in [0.3, 0.4) is 0 Å². The molecular formula is C14H28O2.